The van der Waals surface area contributed by atoms with Crippen molar-refractivity contribution in [3.63, 3.8) is 0 Å². The van der Waals surface area contributed by atoms with Crippen LogP contribution in [0.15, 0.2) is 58.8 Å². The maximum Gasteiger partial charge on any atom is 0.416 e. The van der Waals surface area contributed by atoms with E-state index in [1.807, 2.05) is 12.1 Å². The van der Waals surface area contributed by atoms with Crippen molar-refractivity contribution in [3.8, 4) is 5.75 Å². The van der Waals surface area contributed by atoms with E-state index in [4.69, 9.17) is 9.57 Å². The van der Waals surface area contributed by atoms with Crippen molar-refractivity contribution < 1.29 is 22.7 Å². The Labute approximate surface area is 159 Å². The van der Waals surface area contributed by atoms with Gasteiger partial charge in [0.25, 0.3) is 0 Å². The highest BCUT2D eigenvalue weighted by molar-refractivity contribution is 5.98. The Balaban J connectivity index is 1.50. The summed E-state index contributed by atoms with van der Waals surface area (Å²) in [6.07, 6.45) is -4.35. The molecular formula is C18H18F3N5O2. The quantitative estimate of drug-likeness (QED) is 0.498. The first-order valence-corrected chi connectivity index (χ1v) is 8.30. The zero-order valence-corrected chi connectivity index (χ0v) is 14.9. The van der Waals surface area contributed by atoms with E-state index in [0.29, 0.717) is 22.9 Å². The van der Waals surface area contributed by atoms with Crippen LogP contribution in [0.3, 0.4) is 0 Å². The zero-order chi connectivity index (χ0) is 20.0. The number of hydrazone groups is 1. The highest BCUT2D eigenvalue weighted by Gasteiger charge is 2.29. The molecule has 1 aliphatic heterocycles. The van der Waals surface area contributed by atoms with Crippen LogP contribution >= 0.6 is 0 Å². The molecule has 0 spiro atoms. The molecule has 0 aromatic heterocycles. The topological polar surface area (TPSA) is 79.3 Å². The summed E-state index contributed by atoms with van der Waals surface area (Å²) in [5.41, 5.74) is 9.30. The lowest BCUT2D eigenvalue weighted by Gasteiger charge is -2.08. The van der Waals surface area contributed by atoms with Crippen molar-refractivity contribution >= 4 is 11.5 Å². The van der Waals surface area contributed by atoms with Gasteiger partial charge in [0, 0.05) is 0 Å². The van der Waals surface area contributed by atoms with Gasteiger partial charge in [0.15, 0.2) is 5.84 Å². The van der Waals surface area contributed by atoms with Crippen LogP contribution in [0.25, 0.3) is 0 Å². The number of amidine groups is 1. The Morgan fingerprint density at radius 1 is 1.04 bits per heavy atom. The molecule has 148 valence electrons. The maximum absolute atomic E-state index is 12.5. The number of ether oxygens (including phenoxy) is 1. The summed E-state index contributed by atoms with van der Waals surface area (Å²) in [5, 5.41) is 7.91. The van der Waals surface area contributed by atoms with Gasteiger partial charge in [-0.05, 0) is 54.4 Å². The van der Waals surface area contributed by atoms with E-state index < -0.39 is 11.7 Å². The molecule has 3 rings (SSSR count). The standard InChI is InChI=1S/C18H18F3N5O2/c1-12(24-28-10-13-2-6-15(7-3-13)18(19,20)21)14-4-8-16(9-5-14)27-11-17-22-25-26-23-17/h2-9,25-26H,10-11H2,1H3,(H,22,23)/b24-12+. The van der Waals surface area contributed by atoms with Crippen LogP contribution in [0.1, 0.15) is 23.6 Å². The summed E-state index contributed by atoms with van der Waals surface area (Å²) in [5.74, 6) is 1.29. The molecule has 0 saturated heterocycles. The number of benzene rings is 2. The van der Waals surface area contributed by atoms with E-state index >= 15 is 0 Å². The minimum Gasteiger partial charge on any atom is -0.486 e. The molecule has 1 aliphatic rings. The van der Waals surface area contributed by atoms with Gasteiger partial charge in [0.2, 0.25) is 0 Å². The molecule has 0 amide bonds. The number of hydrazine groups is 2. The van der Waals surface area contributed by atoms with E-state index in [2.05, 4.69) is 26.8 Å². The minimum atomic E-state index is -4.35. The summed E-state index contributed by atoms with van der Waals surface area (Å²) in [6, 6.07) is 12.0. The number of hydrogen-bond acceptors (Lipinski definition) is 7. The Morgan fingerprint density at radius 2 is 1.75 bits per heavy atom. The first kappa shape index (κ1) is 19.5. The molecule has 0 radical (unpaired) electrons. The summed E-state index contributed by atoms with van der Waals surface area (Å²) in [6.45, 7) is 2.13. The summed E-state index contributed by atoms with van der Waals surface area (Å²) in [7, 11) is 0. The number of oxime groups is 1. The van der Waals surface area contributed by atoms with Gasteiger partial charge in [-0.15, -0.1) is 10.6 Å². The monoisotopic (exact) mass is 393 g/mol. The lowest BCUT2D eigenvalue weighted by molar-refractivity contribution is -0.137. The molecule has 1 heterocycles. The van der Waals surface area contributed by atoms with Crippen LogP contribution in [0.4, 0.5) is 13.2 Å². The van der Waals surface area contributed by atoms with Gasteiger partial charge in [-0.2, -0.15) is 13.2 Å². The third kappa shape index (κ3) is 5.36. The molecule has 10 heteroatoms. The normalized spacial score (nSPS) is 14.1. The number of nitrogens with one attached hydrogen (secondary N) is 3. The van der Waals surface area contributed by atoms with Crippen molar-refractivity contribution in [2.45, 2.75) is 19.7 Å². The van der Waals surface area contributed by atoms with Gasteiger partial charge < -0.3 is 9.57 Å². The second-order valence-corrected chi connectivity index (χ2v) is 5.88. The van der Waals surface area contributed by atoms with Crippen LogP contribution in [-0.4, -0.2) is 18.2 Å². The summed E-state index contributed by atoms with van der Waals surface area (Å²) >= 11 is 0. The van der Waals surface area contributed by atoms with Crippen LogP contribution in [0.5, 0.6) is 5.75 Å². The lowest BCUT2D eigenvalue weighted by Crippen LogP contribution is -2.37. The molecule has 3 N–H and O–H groups in total. The summed E-state index contributed by atoms with van der Waals surface area (Å²) < 4.78 is 43.2. The average Bonchev–Trinajstić information content (AvgIpc) is 3.20. The number of hydrogen-bond donors (Lipinski definition) is 3. The van der Waals surface area contributed by atoms with E-state index in [0.717, 1.165) is 17.7 Å². The molecule has 7 nitrogen and oxygen atoms in total. The number of nitrogens with zero attached hydrogens (tertiary/aromatic N) is 2. The fourth-order valence-electron chi connectivity index (χ4n) is 2.28. The highest BCUT2D eigenvalue weighted by Crippen LogP contribution is 2.29. The smallest absolute Gasteiger partial charge is 0.416 e. The molecule has 0 atom stereocenters. The molecule has 2 aromatic rings. The third-order valence-corrected chi connectivity index (χ3v) is 3.82. The van der Waals surface area contributed by atoms with E-state index in [9.17, 15) is 13.2 Å². The first-order chi connectivity index (χ1) is 13.4. The minimum absolute atomic E-state index is 0.0772. The molecule has 28 heavy (non-hydrogen) atoms. The number of halogens is 3. The van der Waals surface area contributed by atoms with Crippen molar-refractivity contribution in [2.24, 2.45) is 10.3 Å². The third-order valence-electron chi connectivity index (χ3n) is 3.82. The van der Waals surface area contributed by atoms with Gasteiger partial charge in [-0.3, -0.25) is 5.43 Å². The maximum atomic E-state index is 12.5. The molecule has 0 saturated carbocycles. The molecule has 2 aromatic carbocycles. The zero-order valence-electron chi connectivity index (χ0n) is 14.9. The van der Waals surface area contributed by atoms with Crippen LogP contribution < -0.4 is 21.2 Å². The summed E-state index contributed by atoms with van der Waals surface area (Å²) in [4.78, 5) is 5.24. The molecular weight excluding hydrogens is 375 g/mol. The fourth-order valence-corrected chi connectivity index (χ4v) is 2.28. The van der Waals surface area contributed by atoms with E-state index in [1.54, 1.807) is 19.1 Å². The van der Waals surface area contributed by atoms with Crippen LogP contribution in [-0.2, 0) is 17.6 Å². The first-order valence-electron chi connectivity index (χ1n) is 8.30. The van der Waals surface area contributed by atoms with E-state index in [-0.39, 0.29) is 13.2 Å². The van der Waals surface area contributed by atoms with Crippen molar-refractivity contribution in [1.82, 2.24) is 16.5 Å². The van der Waals surface area contributed by atoms with E-state index in [1.165, 1.54) is 12.1 Å². The van der Waals surface area contributed by atoms with Gasteiger partial charge >= 0.3 is 6.18 Å². The second kappa shape index (κ2) is 8.61. The van der Waals surface area contributed by atoms with Gasteiger partial charge in [0.05, 0.1) is 11.3 Å². The Morgan fingerprint density at radius 3 is 2.36 bits per heavy atom. The van der Waals surface area contributed by atoms with Crippen LogP contribution in [0, 0.1) is 0 Å². The number of alkyl halides is 3. The lowest BCUT2D eigenvalue weighted by atomic mass is 10.1. The SMILES string of the molecule is C/C(=N\OCc1ccc(C(F)(F)F)cc1)c1ccc(OCC2=NNNN2)cc1. The largest absolute Gasteiger partial charge is 0.486 e. The van der Waals surface area contributed by atoms with Crippen LogP contribution in [0.2, 0.25) is 0 Å². The Hall–Kier alpha value is -3.27. The molecule has 0 fully saturated rings. The van der Waals surface area contributed by atoms with Gasteiger partial charge in [0.1, 0.15) is 19.0 Å². The van der Waals surface area contributed by atoms with Gasteiger partial charge in [-0.25, -0.2) is 5.53 Å². The molecule has 0 bridgehead atoms. The number of rotatable bonds is 7. The van der Waals surface area contributed by atoms with Crippen molar-refractivity contribution in [2.75, 3.05) is 6.61 Å². The Bertz CT molecular complexity index is 849. The molecule has 0 unspecified atom stereocenters. The second-order valence-electron chi connectivity index (χ2n) is 5.88. The predicted octanol–water partition coefficient (Wildman–Crippen LogP) is 2.95. The van der Waals surface area contributed by atoms with Crippen molar-refractivity contribution in [3.05, 3.63) is 65.2 Å². The fraction of sp³-hybridized carbons (Fsp3) is 0.222. The average molecular weight is 393 g/mol. The van der Waals surface area contributed by atoms with Crippen molar-refractivity contribution in [1.29, 1.82) is 0 Å². The molecule has 0 aliphatic carbocycles. The Kier molecular flexibility index (Phi) is 5.99. The van der Waals surface area contributed by atoms with Gasteiger partial charge in [-0.1, -0.05) is 17.3 Å². The highest BCUT2D eigenvalue weighted by atomic mass is 19.4. The predicted molar refractivity (Wildman–Crippen MR) is 97.2 cm³/mol.